The van der Waals surface area contributed by atoms with Crippen molar-refractivity contribution in [1.29, 1.82) is 5.26 Å². The summed E-state index contributed by atoms with van der Waals surface area (Å²) in [4.78, 5) is 14.7. The zero-order valence-corrected chi connectivity index (χ0v) is 12.8. The quantitative estimate of drug-likeness (QED) is 0.845. The average Bonchev–Trinajstić information content (AvgIpc) is 2.93. The van der Waals surface area contributed by atoms with E-state index in [2.05, 4.69) is 11.2 Å². The lowest BCUT2D eigenvalue weighted by Crippen LogP contribution is -2.51. The summed E-state index contributed by atoms with van der Waals surface area (Å²) in [5.74, 6) is 0.578. The molecule has 114 valence electrons. The number of nitriles is 1. The fourth-order valence-electron chi connectivity index (χ4n) is 2.68. The van der Waals surface area contributed by atoms with Gasteiger partial charge >= 0.3 is 0 Å². The Labute approximate surface area is 124 Å². The van der Waals surface area contributed by atoms with Crippen LogP contribution in [0.15, 0.2) is 10.6 Å². The highest BCUT2D eigenvalue weighted by molar-refractivity contribution is 5.87. The summed E-state index contributed by atoms with van der Waals surface area (Å²) >= 11 is 0. The monoisotopic (exact) mass is 291 g/mol. The number of ether oxygens (including phenoxy) is 1. The number of hydrogen-bond acceptors (Lipinski definition) is 5. The first-order chi connectivity index (χ1) is 10.0. The van der Waals surface area contributed by atoms with Crippen molar-refractivity contribution in [3.63, 3.8) is 0 Å². The van der Waals surface area contributed by atoms with E-state index in [1.54, 1.807) is 11.9 Å². The molecule has 6 heteroatoms. The van der Waals surface area contributed by atoms with E-state index in [-0.39, 0.29) is 11.9 Å². The van der Waals surface area contributed by atoms with Crippen LogP contribution in [0.4, 0.5) is 0 Å². The van der Waals surface area contributed by atoms with Gasteiger partial charge < -0.3 is 14.2 Å². The summed E-state index contributed by atoms with van der Waals surface area (Å²) in [6.45, 7) is 4.75. The van der Waals surface area contributed by atoms with Gasteiger partial charge in [-0.25, -0.2) is 0 Å². The molecule has 1 aliphatic rings. The number of carbonyl (C=O) groups is 1. The Morgan fingerprint density at radius 2 is 2.24 bits per heavy atom. The molecule has 1 aromatic rings. The van der Waals surface area contributed by atoms with Gasteiger partial charge in [0.05, 0.1) is 18.2 Å². The summed E-state index contributed by atoms with van der Waals surface area (Å²) in [6.07, 6.45) is 1.46. The predicted molar refractivity (Wildman–Crippen MR) is 75.4 cm³/mol. The summed E-state index contributed by atoms with van der Waals surface area (Å²) in [5, 5.41) is 12.7. The molecule has 1 atom stereocenters. The zero-order valence-electron chi connectivity index (χ0n) is 12.8. The normalized spacial score (nSPS) is 18.8. The molecule has 1 amide bonds. The maximum atomic E-state index is 13.0. The number of aromatic nitrogens is 1. The Kier molecular flexibility index (Phi) is 4.63. The molecule has 0 bridgehead atoms. The molecule has 1 saturated heterocycles. The van der Waals surface area contributed by atoms with Crippen molar-refractivity contribution in [2.24, 2.45) is 0 Å². The van der Waals surface area contributed by atoms with Crippen LogP contribution < -0.4 is 0 Å². The minimum atomic E-state index is -0.724. The Bertz CT molecular complexity index is 541. The first-order valence-corrected chi connectivity index (χ1v) is 7.17. The number of nitrogens with zero attached hydrogens (tertiary/aromatic N) is 3. The smallest absolute Gasteiger partial charge is 0.236 e. The molecular formula is C15H21N3O3. The fraction of sp³-hybridized carbons (Fsp3) is 0.667. The molecule has 0 saturated carbocycles. The number of carbonyl (C=O) groups excluding carboxylic acids is 1. The first-order valence-electron chi connectivity index (χ1n) is 7.17. The molecule has 1 fully saturated rings. The Morgan fingerprint density at radius 3 is 2.76 bits per heavy atom. The average molecular weight is 291 g/mol. The topological polar surface area (TPSA) is 79.4 Å². The van der Waals surface area contributed by atoms with E-state index in [4.69, 9.17) is 14.5 Å². The van der Waals surface area contributed by atoms with Gasteiger partial charge in [0, 0.05) is 32.4 Å². The van der Waals surface area contributed by atoms with Crippen LogP contribution in [0.25, 0.3) is 0 Å². The molecule has 2 rings (SSSR count). The number of likely N-dealkylation sites (N-methyl/N-ethyl adjacent to an activating group) is 1. The number of aryl methyl sites for hydroxylation is 1. The van der Waals surface area contributed by atoms with Gasteiger partial charge in [-0.2, -0.15) is 5.26 Å². The van der Waals surface area contributed by atoms with E-state index in [1.165, 1.54) is 0 Å². The molecule has 0 N–H and O–H groups in total. The maximum absolute atomic E-state index is 13.0. The van der Waals surface area contributed by atoms with Crippen LogP contribution in [-0.4, -0.2) is 42.3 Å². The molecule has 0 radical (unpaired) electrons. The summed E-state index contributed by atoms with van der Waals surface area (Å²) in [6, 6.07) is 3.80. The third kappa shape index (κ3) is 2.93. The highest BCUT2D eigenvalue weighted by Gasteiger charge is 2.47. The van der Waals surface area contributed by atoms with Crippen LogP contribution in [0.5, 0.6) is 0 Å². The molecule has 21 heavy (non-hydrogen) atoms. The van der Waals surface area contributed by atoms with Gasteiger partial charge in [-0.3, -0.25) is 4.79 Å². The second-order valence-corrected chi connectivity index (χ2v) is 5.65. The van der Waals surface area contributed by atoms with Gasteiger partial charge in [0.25, 0.3) is 0 Å². The minimum absolute atomic E-state index is 0.0234. The Morgan fingerprint density at radius 1 is 1.57 bits per heavy atom. The van der Waals surface area contributed by atoms with Crippen molar-refractivity contribution in [2.75, 3.05) is 20.3 Å². The van der Waals surface area contributed by atoms with Crippen LogP contribution in [0.3, 0.4) is 0 Å². The van der Waals surface area contributed by atoms with E-state index < -0.39 is 5.41 Å². The molecule has 0 aromatic carbocycles. The van der Waals surface area contributed by atoms with Crippen molar-refractivity contribution in [3.05, 3.63) is 17.5 Å². The molecular weight excluding hydrogens is 270 g/mol. The van der Waals surface area contributed by atoms with E-state index in [9.17, 15) is 4.79 Å². The van der Waals surface area contributed by atoms with Crippen molar-refractivity contribution < 1.29 is 14.1 Å². The van der Waals surface area contributed by atoms with Gasteiger partial charge in [0.15, 0.2) is 5.76 Å². The Balaban J connectivity index is 2.32. The van der Waals surface area contributed by atoms with Gasteiger partial charge in [0.1, 0.15) is 5.41 Å². The SMILES string of the molecule is Cc1cc(C2(C(=O)N(C)C(C)CC#N)CCOCC2)on1. The van der Waals surface area contributed by atoms with Gasteiger partial charge in [-0.1, -0.05) is 5.16 Å². The van der Waals surface area contributed by atoms with Crippen molar-refractivity contribution in [1.82, 2.24) is 10.1 Å². The predicted octanol–water partition coefficient (Wildman–Crippen LogP) is 1.79. The van der Waals surface area contributed by atoms with Gasteiger partial charge in [-0.05, 0) is 26.7 Å². The number of rotatable bonds is 4. The molecule has 1 unspecified atom stereocenters. The van der Waals surface area contributed by atoms with E-state index in [0.717, 1.165) is 5.69 Å². The summed E-state index contributed by atoms with van der Waals surface area (Å²) in [5.41, 5.74) is 0.0363. The molecule has 1 aromatic heterocycles. The first kappa shape index (κ1) is 15.5. The number of hydrogen-bond donors (Lipinski definition) is 0. The largest absolute Gasteiger partial charge is 0.381 e. The molecule has 1 aliphatic heterocycles. The van der Waals surface area contributed by atoms with E-state index >= 15 is 0 Å². The summed E-state index contributed by atoms with van der Waals surface area (Å²) < 4.78 is 10.8. The van der Waals surface area contributed by atoms with E-state index in [0.29, 0.717) is 38.2 Å². The van der Waals surface area contributed by atoms with E-state index in [1.807, 2.05) is 19.9 Å². The highest BCUT2D eigenvalue weighted by atomic mass is 16.5. The fourth-order valence-corrected chi connectivity index (χ4v) is 2.68. The Hall–Kier alpha value is -1.87. The minimum Gasteiger partial charge on any atom is -0.381 e. The lowest BCUT2D eigenvalue weighted by molar-refractivity contribution is -0.142. The van der Waals surface area contributed by atoms with Crippen LogP contribution in [0.2, 0.25) is 0 Å². The number of amides is 1. The molecule has 2 heterocycles. The van der Waals surface area contributed by atoms with Gasteiger partial charge in [-0.15, -0.1) is 0 Å². The van der Waals surface area contributed by atoms with Crippen LogP contribution >= 0.6 is 0 Å². The van der Waals surface area contributed by atoms with Crippen molar-refractivity contribution in [2.45, 2.75) is 44.6 Å². The second kappa shape index (κ2) is 6.27. The van der Waals surface area contributed by atoms with Crippen LogP contribution in [0.1, 0.15) is 37.6 Å². The zero-order chi connectivity index (χ0) is 15.5. The lowest BCUT2D eigenvalue weighted by Gasteiger charge is -2.38. The highest BCUT2D eigenvalue weighted by Crippen LogP contribution is 2.37. The van der Waals surface area contributed by atoms with Crippen LogP contribution in [0, 0.1) is 18.3 Å². The standard InChI is InChI=1S/C15H21N3O3/c1-11-10-13(21-17-11)15(5-8-20-9-6-15)14(19)18(3)12(2)4-7-16/h10,12H,4-6,8-9H2,1-3H3. The molecule has 0 aliphatic carbocycles. The molecule has 0 spiro atoms. The maximum Gasteiger partial charge on any atom is 0.236 e. The van der Waals surface area contributed by atoms with Crippen molar-refractivity contribution >= 4 is 5.91 Å². The third-order valence-electron chi connectivity index (χ3n) is 4.22. The van der Waals surface area contributed by atoms with Crippen LogP contribution in [-0.2, 0) is 14.9 Å². The lowest BCUT2D eigenvalue weighted by atomic mass is 9.76. The third-order valence-corrected chi connectivity index (χ3v) is 4.22. The molecule has 6 nitrogen and oxygen atoms in total. The van der Waals surface area contributed by atoms with Gasteiger partial charge in [0.2, 0.25) is 5.91 Å². The summed E-state index contributed by atoms with van der Waals surface area (Å²) in [7, 11) is 1.74. The van der Waals surface area contributed by atoms with Crippen molar-refractivity contribution in [3.8, 4) is 6.07 Å². The second-order valence-electron chi connectivity index (χ2n) is 5.65.